The predicted molar refractivity (Wildman–Crippen MR) is 89.6 cm³/mol. The predicted octanol–water partition coefficient (Wildman–Crippen LogP) is 1.71. The first kappa shape index (κ1) is 16.6. The molecule has 1 atom stereocenters. The maximum atomic E-state index is 9.65. The summed E-state index contributed by atoms with van der Waals surface area (Å²) in [6, 6.07) is 6.15. The molecule has 1 aliphatic heterocycles. The number of nitrogens with one attached hydrogen (secondary N) is 1. The van der Waals surface area contributed by atoms with E-state index in [0.717, 1.165) is 42.3 Å². The van der Waals surface area contributed by atoms with Crippen LogP contribution in [0.2, 0.25) is 0 Å². The van der Waals surface area contributed by atoms with Crippen molar-refractivity contribution in [2.75, 3.05) is 32.8 Å². The molecule has 0 aliphatic carbocycles. The Morgan fingerprint density at radius 3 is 2.73 bits per heavy atom. The van der Waals surface area contributed by atoms with Crippen LogP contribution in [0, 0.1) is 13.8 Å². The standard InChI is InChI=1S/C17H27N3O2/c1-4-18-17(20-10-8-15(21)12-20)19-9-11-22-16-13(2)6-5-7-14(16)3/h5-7,15,21H,4,8-12H2,1-3H3,(H,18,19)/t15-/m1/s1. The zero-order valence-electron chi connectivity index (χ0n) is 13.8. The Morgan fingerprint density at radius 1 is 1.41 bits per heavy atom. The number of hydrogen-bond acceptors (Lipinski definition) is 3. The molecule has 1 aromatic rings. The number of benzene rings is 1. The average Bonchev–Trinajstić information content (AvgIpc) is 2.91. The first-order valence-corrected chi connectivity index (χ1v) is 8.02. The monoisotopic (exact) mass is 305 g/mol. The molecule has 122 valence electrons. The smallest absolute Gasteiger partial charge is 0.194 e. The first-order valence-electron chi connectivity index (χ1n) is 8.02. The number of likely N-dealkylation sites (tertiary alicyclic amines) is 1. The highest BCUT2D eigenvalue weighted by atomic mass is 16.5. The summed E-state index contributed by atoms with van der Waals surface area (Å²) in [5.41, 5.74) is 2.30. The average molecular weight is 305 g/mol. The van der Waals surface area contributed by atoms with Gasteiger partial charge in [0.15, 0.2) is 5.96 Å². The third-order valence-corrected chi connectivity index (χ3v) is 3.81. The van der Waals surface area contributed by atoms with Crippen molar-refractivity contribution < 1.29 is 9.84 Å². The van der Waals surface area contributed by atoms with E-state index in [2.05, 4.69) is 48.1 Å². The van der Waals surface area contributed by atoms with E-state index in [0.29, 0.717) is 19.7 Å². The SMILES string of the molecule is CCNC(=NCCOc1c(C)cccc1C)N1CC[C@@H](O)C1. The van der Waals surface area contributed by atoms with Crippen molar-refractivity contribution in [2.24, 2.45) is 4.99 Å². The van der Waals surface area contributed by atoms with Gasteiger partial charge < -0.3 is 20.1 Å². The van der Waals surface area contributed by atoms with Crippen LogP contribution in [0.25, 0.3) is 0 Å². The van der Waals surface area contributed by atoms with E-state index >= 15 is 0 Å². The largest absolute Gasteiger partial charge is 0.491 e. The molecule has 0 bridgehead atoms. The van der Waals surface area contributed by atoms with Crippen LogP contribution >= 0.6 is 0 Å². The molecule has 1 aliphatic rings. The quantitative estimate of drug-likeness (QED) is 0.494. The fourth-order valence-electron chi connectivity index (χ4n) is 2.69. The van der Waals surface area contributed by atoms with Gasteiger partial charge in [-0.25, -0.2) is 4.99 Å². The molecular formula is C17H27N3O2. The van der Waals surface area contributed by atoms with Crippen LogP contribution in [-0.2, 0) is 0 Å². The molecule has 0 radical (unpaired) electrons. The summed E-state index contributed by atoms with van der Waals surface area (Å²) in [4.78, 5) is 6.70. The number of nitrogens with zero attached hydrogens (tertiary/aromatic N) is 2. The van der Waals surface area contributed by atoms with Gasteiger partial charge in [-0.05, 0) is 38.3 Å². The molecule has 0 unspecified atom stereocenters. The minimum absolute atomic E-state index is 0.241. The highest BCUT2D eigenvalue weighted by Gasteiger charge is 2.22. The van der Waals surface area contributed by atoms with Gasteiger partial charge in [-0.15, -0.1) is 0 Å². The molecule has 0 spiro atoms. The van der Waals surface area contributed by atoms with E-state index in [1.807, 2.05) is 6.07 Å². The molecule has 2 rings (SSSR count). The number of aliphatic hydroxyl groups is 1. The molecule has 22 heavy (non-hydrogen) atoms. The van der Waals surface area contributed by atoms with Crippen LogP contribution < -0.4 is 10.1 Å². The first-order chi connectivity index (χ1) is 10.6. The lowest BCUT2D eigenvalue weighted by molar-refractivity contribution is 0.187. The van der Waals surface area contributed by atoms with Crippen molar-refractivity contribution in [3.8, 4) is 5.75 Å². The summed E-state index contributed by atoms with van der Waals surface area (Å²) in [6.45, 7) is 9.65. The number of aliphatic imine (C=N–C) groups is 1. The van der Waals surface area contributed by atoms with E-state index in [1.54, 1.807) is 0 Å². The number of aryl methyl sites for hydroxylation is 2. The molecule has 0 saturated carbocycles. The van der Waals surface area contributed by atoms with Crippen molar-refractivity contribution in [2.45, 2.75) is 33.3 Å². The van der Waals surface area contributed by atoms with Crippen LogP contribution in [0.5, 0.6) is 5.75 Å². The maximum Gasteiger partial charge on any atom is 0.194 e. The van der Waals surface area contributed by atoms with Gasteiger partial charge >= 0.3 is 0 Å². The molecular weight excluding hydrogens is 278 g/mol. The van der Waals surface area contributed by atoms with Gasteiger partial charge in [-0.3, -0.25) is 0 Å². The summed E-state index contributed by atoms with van der Waals surface area (Å²) in [6.07, 6.45) is 0.568. The molecule has 0 amide bonds. The van der Waals surface area contributed by atoms with Crippen LogP contribution in [0.4, 0.5) is 0 Å². The highest BCUT2D eigenvalue weighted by Crippen LogP contribution is 2.22. The summed E-state index contributed by atoms with van der Waals surface area (Å²) >= 11 is 0. The van der Waals surface area contributed by atoms with E-state index < -0.39 is 0 Å². The van der Waals surface area contributed by atoms with Crippen molar-refractivity contribution >= 4 is 5.96 Å². The number of guanidine groups is 1. The molecule has 1 aromatic carbocycles. The lowest BCUT2D eigenvalue weighted by Gasteiger charge is -2.21. The number of hydrogen-bond donors (Lipinski definition) is 2. The van der Waals surface area contributed by atoms with Crippen molar-refractivity contribution in [1.29, 1.82) is 0 Å². The maximum absolute atomic E-state index is 9.65. The summed E-state index contributed by atoms with van der Waals surface area (Å²) in [7, 11) is 0. The lowest BCUT2D eigenvalue weighted by atomic mass is 10.1. The van der Waals surface area contributed by atoms with Gasteiger partial charge in [0, 0.05) is 19.6 Å². The van der Waals surface area contributed by atoms with Gasteiger partial charge in [0.25, 0.3) is 0 Å². The molecule has 5 heteroatoms. The van der Waals surface area contributed by atoms with E-state index in [4.69, 9.17) is 4.74 Å². The van der Waals surface area contributed by atoms with Gasteiger partial charge in [0.05, 0.1) is 12.6 Å². The molecule has 5 nitrogen and oxygen atoms in total. The topological polar surface area (TPSA) is 57.1 Å². The Hall–Kier alpha value is -1.75. The van der Waals surface area contributed by atoms with Crippen LogP contribution in [-0.4, -0.2) is 54.9 Å². The van der Waals surface area contributed by atoms with Gasteiger partial charge in [-0.1, -0.05) is 18.2 Å². The van der Waals surface area contributed by atoms with Crippen LogP contribution in [0.3, 0.4) is 0 Å². The molecule has 0 aromatic heterocycles. The van der Waals surface area contributed by atoms with Crippen LogP contribution in [0.1, 0.15) is 24.5 Å². The van der Waals surface area contributed by atoms with Gasteiger partial charge in [-0.2, -0.15) is 0 Å². The number of β-amino-alcohol motifs (C(OH)–C–C–N with tert-alkyl or cyclic N) is 1. The minimum Gasteiger partial charge on any atom is -0.491 e. The number of rotatable bonds is 5. The summed E-state index contributed by atoms with van der Waals surface area (Å²) < 4.78 is 5.88. The fourth-order valence-corrected chi connectivity index (χ4v) is 2.69. The second-order valence-electron chi connectivity index (χ2n) is 5.69. The third kappa shape index (κ3) is 4.37. The van der Waals surface area contributed by atoms with Crippen molar-refractivity contribution in [3.63, 3.8) is 0 Å². The molecule has 2 N–H and O–H groups in total. The second kappa shape index (κ2) is 8.03. The van der Waals surface area contributed by atoms with Gasteiger partial charge in [0.2, 0.25) is 0 Å². The van der Waals surface area contributed by atoms with Gasteiger partial charge in [0.1, 0.15) is 12.4 Å². The van der Waals surface area contributed by atoms with E-state index in [1.165, 1.54) is 0 Å². The Bertz CT molecular complexity index is 496. The number of ether oxygens (including phenoxy) is 1. The normalized spacial score (nSPS) is 18.6. The zero-order chi connectivity index (χ0) is 15.9. The molecule has 1 fully saturated rings. The fraction of sp³-hybridized carbons (Fsp3) is 0.588. The van der Waals surface area contributed by atoms with E-state index in [9.17, 15) is 5.11 Å². The zero-order valence-corrected chi connectivity index (χ0v) is 13.8. The Morgan fingerprint density at radius 2 is 2.14 bits per heavy atom. The van der Waals surface area contributed by atoms with E-state index in [-0.39, 0.29) is 6.10 Å². The second-order valence-corrected chi connectivity index (χ2v) is 5.69. The number of para-hydroxylation sites is 1. The van der Waals surface area contributed by atoms with Crippen molar-refractivity contribution in [3.05, 3.63) is 29.3 Å². The molecule has 1 saturated heterocycles. The highest BCUT2D eigenvalue weighted by molar-refractivity contribution is 5.80. The molecule has 1 heterocycles. The Kier molecular flexibility index (Phi) is 6.07. The van der Waals surface area contributed by atoms with Crippen LogP contribution in [0.15, 0.2) is 23.2 Å². The Labute approximate surface area is 133 Å². The summed E-state index contributed by atoms with van der Waals surface area (Å²) in [5.74, 6) is 1.82. The summed E-state index contributed by atoms with van der Waals surface area (Å²) in [5, 5.41) is 12.9. The third-order valence-electron chi connectivity index (χ3n) is 3.81. The minimum atomic E-state index is -0.241. The number of aliphatic hydroxyl groups excluding tert-OH is 1. The Balaban J connectivity index is 1.89. The lowest BCUT2D eigenvalue weighted by Crippen LogP contribution is -2.40. The van der Waals surface area contributed by atoms with Crippen molar-refractivity contribution in [1.82, 2.24) is 10.2 Å².